The van der Waals surface area contributed by atoms with Crippen LogP contribution in [-0.4, -0.2) is 22.4 Å². The highest BCUT2D eigenvalue weighted by Crippen LogP contribution is 2.14. The zero-order chi connectivity index (χ0) is 15.0. The molecular weight excluding hydrogens is 246 g/mol. The molecule has 3 heteroatoms. The first kappa shape index (κ1) is 17.2. The first-order valence-corrected chi connectivity index (χ1v) is 8.39. The summed E-state index contributed by atoms with van der Waals surface area (Å²) in [4.78, 5) is 0. The lowest BCUT2D eigenvalue weighted by Gasteiger charge is -2.20. The van der Waals surface area contributed by atoms with Gasteiger partial charge in [0.15, 0.2) is 0 Å². The lowest BCUT2D eigenvalue weighted by Crippen LogP contribution is -2.31. The van der Waals surface area contributed by atoms with Gasteiger partial charge in [-0.1, -0.05) is 27.7 Å². The number of nitrogens with one attached hydrogen (secondary N) is 1. The molecule has 1 unspecified atom stereocenters. The van der Waals surface area contributed by atoms with Crippen LogP contribution in [0.1, 0.15) is 65.3 Å². The van der Waals surface area contributed by atoms with Crippen molar-refractivity contribution in [2.75, 3.05) is 6.54 Å². The van der Waals surface area contributed by atoms with Crippen LogP contribution >= 0.6 is 0 Å². The molecule has 116 valence electrons. The van der Waals surface area contributed by atoms with E-state index in [0.29, 0.717) is 6.04 Å². The van der Waals surface area contributed by atoms with Crippen LogP contribution in [0.3, 0.4) is 0 Å². The van der Waals surface area contributed by atoms with Gasteiger partial charge in [0.25, 0.3) is 0 Å². The van der Waals surface area contributed by atoms with E-state index in [2.05, 4.69) is 55.8 Å². The number of aryl methyl sites for hydroxylation is 3. The van der Waals surface area contributed by atoms with E-state index >= 15 is 0 Å². The summed E-state index contributed by atoms with van der Waals surface area (Å²) in [5, 5.41) is 8.34. The maximum Gasteiger partial charge on any atom is 0.0624 e. The number of rotatable bonds is 10. The summed E-state index contributed by atoms with van der Waals surface area (Å²) >= 11 is 0. The minimum Gasteiger partial charge on any atom is -0.314 e. The van der Waals surface area contributed by atoms with E-state index in [1.807, 2.05) is 0 Å². The van der Waals surface area contributed by atoms with Crippen molar-refractivity contribution in [2.45, 2.75) is 79.3 Å². The minimum absolute atomic E-state index is 0.639. The predicted molar refractivity (Wildman–Crippen MR) is 87.1 cm³/mol. The maximum absolute atomic E-state index is 4.64. The van der Waals surface area contributed by atoms with Crippen molar-refractivity contribution >= 4 is 0 Å². The topological polar surface area (TPSA) is 29.9 Å². The number of hydrogen-bond acceptors (Lipinski definition) is 2. The summed E-state index contributed by atoms with van der Waals surface area (Å²) in [6.07, 6.45) is 5.86. The summed E-state index contributed by atoms with van der Waals surface area (Å²) < 4.78 is 2.17. The number of hydrogen-bond donors (Lipinski definition) is 1. The summed E-state index contributed by atoms with van der Waals surface area (Å²) in [5.74, 6) is 0.756. The van der Waals surface area contributed by atoms with Crippen molar-refractivity contribution in [1.29, 1.82) is 0 Å². The van der Waals surface area contributed by atoms with Crippen molar-refractivity contribution in [3.63, 3.8) is 0 Å². The van der Waals surface area contributed by atoms with Gasteiger partial charge in [-0.25, -0.2) is 0 Å². The molecule has 0 saturated heterocycles. The fourth-order valence-electron chi connectivity index (χ4n) is 2.71. The second-order valence-corrected chi connectivity index (χ2v) is 6.12. The molecule has 0 saturated carbocycles. The van der Waals surface area contributed by atoms with Crippen molar-refractivity contribution in [3.8, 4) is 0 Å². The average molecular weight is 279 g/mol. The molecule has 0 fully saturated rings. The third-order valence-corrected chi connectivity index (χ3v) is 3.76. The van der Waals surface area contributed by atoms with Gasteiger partial charge in [0, 0.05) is 18.3 Å². The zero-order valence-corrected chi connectivity index (χ0v) is 14.1. The van der Waals surface area contributed by atoms with Gasteiger partial charge in [0.2, 0.25) is 0 Å². The smallest absolute Gasteiger partial charge is 0.0624 e. The molecule has 0 aliphatic carbocycles. The molecule has 0 aliphatic heterocycles. The fraction of sp³-hybridized carbons (Fsp3) is 0.824. The molecule has 3 nitrogen and oxygen atoms in total. The molecule has 0 aliphatic rings. The molecule has 1 N–H and O–H groups in total. The van der Waals surface area contributed by atoms with E-state index < -0.39 is 0 Å². The highest BCUT2D eigenvalue weighted by molar-refractivity contribution is 5.11. The molecule has 20 heavy (non-hydrogen) atoms. The molecule has 0 aromatic carbocycles. The standard InChI is InChI=1S/C17H33N3/c1-6-11-18-16(12-14(4)5)9-10-17-13-15(7-2)19-20(17)8-3/h13-14,16,18H,6-12H2,1-5H3. The molecule has 0 radical (unpaired) electrons. The third kappa shape index (κ3) is 5.66. The highest BCUT2D eigenvalue weighted by atomic mass is 15.3. The van der Waals surface area contributed by atoms with E-state index in [9.17, 15) is 0 Å². The van der Waals surface area contributed by atoms with Crippen LogP contribution in [0.5, 0.6) is 0 Å². The molecule has 1 rings (SSSR count). The predicted octanol–water partition coefficient (Wildman–Crippen LogP) is 3.81. The Bertz CT molecular complexity index is 368. The van der Waals surface area contributed by atoms with Crippen LogP contribution in [0.25, 0.3) is 0 Å². The normalized spacial score (nSPS) is 13.1. The number of aromatic nitrogens is 2. The summed E-state index contributed by atoms with van der Waals surface area (Å²) in [5.41, 5.74) is 2.63. The summed E-state index contributed by atoms with van der Waals surface area (Å²) in [7, 11) is 0. The Morgan fingerprint density at radius 3 is 2.55 bits per heavy atom. The van der Waals surface area contributed by atoms with Gasteiger partial charge in [-0.3, -0.25) is 4.68 Å². The van der Waals surface area contributed by atoms with Gasteiger partial charge < -0.3 is 5.32 Å². The SMILES string of the molecule is CCCNC(CCc1cc(CC)nn1CC)CC(C)C. The summed E-state index contributed by atoms with van der Waals surface area (Å²) in [6.45, 7) is 13.3. The molecule has 0 amide bonds. The molecule has 1 atom stereocenters. The lowest BCUT2D eigenvalue weighted by atomic mass is 9.98. The quantitative estimate of drug-likeness (QED) is 0.706. The van der Waals surface area contributed by atoms with Crippen LogP contribution in [0.15, 0.2) is 6.07 Å². The van der Waals surface area contributed by atoms with Crippen molar-refractivity contribution in [2.24, 2.45) is 5.92 Å². The van der Waals surface area contributed by atoms with Crippen molar-refractivity contribution in [1.82, 2.24) is 15.1 Å². The molecule has 1 aromatic rings. The van der Waals surface area contributed by atoms with E-state index in [-0.39, 0.29) is 0 Å². The molecule has 0 bridgehead atoms. The van der Waals surface area contributed by atoms with E-state index in [0.717, 1.165) is 31.8 Å². The second kappa shape index (κ2) is 9.17. The average Bonchev–Trinajstić information content (AvgIpc) is 2.83. The third-order valence-electron chi connectivity index (χ3n) is 3.76. The van der Waals surface area contributed by atoms with Crippen LogP contribution in [0.2, 0.25) is 0 Å². The van der Waals surface area contributed by atoms with Gasteiger partial charge >= 0.3 is 0 Å². The highest BCUT2D eigenvalue weighted by Gasteiger charge is 2.12. The first-order valence-electron chi connectivity index (χ1n) is 8.39. The zero-order valence-electron chi connectivity index (χ0n) is 14.1. The van der Waals surface area contributed by atoms with Crippen LogP contribution in [-0.2, 0) is 19.4 Å². The Morgan fingerprint density at radius 2 is 2.00 bits per heavy atom. The first-order chi connectivity index (χ1) is 9.60. The second-order valence-electron chi connectivity index (χ2n) is 6.12. The minimum atomic E-state index is 0.639. The van der Waals surface area contributed by atoms with Gasteiger partial charge in [-0.2, -0.15) is 5.10 Å². The molecule has 1 heterocycles. The van der Waals surface area contributed by atoms with Gasteiger partial charge in [-0.05, 0) is 57.6 Å². The van der Waals surface area contributed by atoms with Crippen LogP contribution in [0, 0.1) is 5.92 Å². The van der Waals surface area contributed by atoms with Crippen LogP contribution < -0.4 is 5.32 Å². The van der Waals surface area contributed by atoms with E-state index in [4.69, 9.17) is 0 Å². The fourth-order valence-corrected chi connectivity index (χ4v) is 2.71. The van der Waals surface area contributed by atoms with Crippen molar-refractivity contribution in [3.05, 3.63) is 17.5 Å². The number of nitrogens with zero attached hydrogens (tertiary/aromatic N) is 2. The van der Waals surface area contributed by atoms with E-state index in [1.54, 1.807) is 0 Å². The monoisotopic (exact) mass is 279 g/mol. The van der Waals surface area contributed by atoms with Gasteiger partial charge in [0.1, 0.15) is 0 Å². The lowest BCUT2D eigenvalue weighted by molar-refractivity contribution is 0.395. The Morgan fingerprint density at radius 1 is 1.25 bits per heavy atom. The molecular formula is C17H33N3. The van der Waals surface area contributed by atoms with Gasteiger partial charge in [-0.15, -0.1) is 0 Å². The largest absolute Gasteiger partial charge is 0.314 e. The molecule has 1 aromatic heterocycles. The van der Waals surface area contributed by atoms with E-state index in [1.165, 1.54) is 30.7 Å². The Kier molecular flexibility index (Phi) is 7.90. The Balaban J connectivity index is 2.58. The maximum atomic E-state index is 4.64. The van der Waals surface area contributed by atoms with Crippen molar-refractivity contribution < 1.29 is 0 Å². The van der Waals surface area contributed by atoms with Gasteiger partial charge in [0.05, 0.1) is 5.69 Å². The summed E-state index contributed by atoms with van der Waals surface area (Å²) in [6, 6.07) is 2.93. The van der Waals surface area contributed by atoms with Crippen LogP contribution in [0.4, 0.5) is 0 Å². The molecule has 0 spiro atoms. The Hall–Kier alpha value is -0.830. The Labute approximate surface area is 125 Å².